The summed E-state index contributed by atoms with van der Waals surface area (Å²) in [6, 6.07) is -0.102. The molecule has 1 aliphatic rings. The van der Waals surface area contributed by atoms with Crippen molar-refractivity contribution in [1.82, 2.24) is 9.97 Å². The minimum Gasteiger partial charge on any atom is -0.338 e. The molecular formula is C11H15ClFN3. The van der Waals surface area contributed by atoms with Gasteiger partial charge in [0.2, 0.25) is 5.95 Å². The lowest BCUT2D eigenvalue weighted by atomic mass is 9.93. The smallest absolute Gasteiger partial charge is 0.225 e. The van der Waals surface area contributed by atoms with Gasteiger partial charge in [-0.25, -0.2) is 14.4 Å². The fourth-order valence-electron chi connectivity index (χ4n) is 2.14. The summed E-state index contributed by atoms with van der Waals surface area (Å²) in [6.45, 7) is 0. The Hall–Kier alpha value is -0.900. The largest absolute Gasteiger partial charge is 0.338 e. The van der Waals surface area contributed by atoms with Crippen LogP contribution in [0.15, 0.2) is 12.4 Å². The predicted octanol–water partition coefficient (Wildman–Crippen LogP) is 2.85. The SMILES string of the molecule is CN(c1ncc(Cl)cn1)[C@@H]1CCCC[C@H]1F. The highest BCUT2D eigenvalue weighted by molar-refractivity contribution is 6.30. The average Bonchev–Trinajstić information content (AvgIpc) is 2.30. The standard InChI is InChI=1S/C11H15ClFN3/c1-16(10-5-3-2-4-9(10)13)11-14-6-8(12)7-15-11/h6-7,9-10H,2-5H2,1H3/t9-,10-/m1/s1. The molecule has 0 aliphatic heterocycles. The van der Waals surface area contributed by atoms with Crippen LogP contribution in [0.25, 0.3) is 0 Å². The van der Waals surface area contributed by atoms with Crippen molar-refractivity contribution < 1.29 is 4.39 Å². The van der Waals surface area contributed by atoms with Crippen molar-refractivity contribution in [2.24, 2.45) is 0 Å². The average molecular weight is 244 g/mol. The molecule has 1 aromatic heterocycles. The van der Waals surface area contributed by atoms with Gasteiger partial charge in [0.15, 0.2) is 0 Å². The van der Waals surface area contributed by atoms with Gasteiger partial charge < -0.3 is 4.90 Å². The van der Waals surface area contributed by atoms with Crippen molar-refractivity contribution in [2.75, 3.05) is 11.9 Å². The quantitative estimate of drug-likeness (QED) is 0.800. The highest BCUT2D eigenvalue weighted by atomic mass is 35.5. The van der Waals surface area contributed by atoms with Crippen LogP contribution in [0.1, 0.15) is 25.7 Å². The first kappa shape index (κ1) is 11.6. The van der Waals surface area contributed by atoms with Gasteiger partial charge in [-0.05, 0) is 12.8 Å². The van der Waals surface area contributed by atoms with Gasteiger partial charge in [-0.1, -0.05) is 24.4 Å². The zero-order valence-electron chi connectivity index (χ0n) is 9.24. The van der Waals surface area contributed by atoms with Crippen LogP contribution < -0.4 is 4.90 Å². The van der Waals surface area contributed by atoms with Gasteiger partial charge in [0, 0.05) is 7.05 Å². The molecule has 2 rings (SSSR count). The fourth-order valence-corrected chi connectivity index (χ4v) is 2.24. The Morgan fingerprint density at radius 3 is 2.56 bits per heavy atom. The molecule has 0 bridgehead atoms. The zero-order chi connectivity index (χ0) is 11.5. The van der Waals surface area contributed by atoms with Gasteiger partial charge in [-0.2, -0.15) is 0 Å². The van der Waals surface area contributed by atoms with Crippen molar-refractivity contribution in [2.45, 2.75) is 37.9 Å². The summed E-state index contributed by atoms with van der Waals surface area (Å²) in [5.74, 6) is 0.541. The number of alkyl halides is 1. The highest BCUT2D eigenvalue weighted by Gasteiger charge is 2.29. The van der Waals surface area contributed by atoms with E-state index in [0.29, 0.717) is 17.4 Å². The topological polar surface area (TPSA) is 29.0 Å². The summed E-state index contributed by atoms with van der Waals surface area (Å²) >= 11 is 5.71. The molecule has 0 aromatic carbocycles. The molecular weight excluding hydrogens is 229 g/mol. The van der Waals surface area contributed by atoms with Gasteiger partial charge in [0.05, 0.1) is 23.5 Å². The molecule has 16 heavy (non-hydrogen) atoms. The highest BCUT2D eigenvalue weighted by Crippen LogP contribution is 2.26. The lowest BCUT2D eigenvalue weighted by Crippen LogP contribution is -2.42. The van der Waals surface area contributed by atoms with Crippen molar-refractivity contribution >= 4 is 17.5 Å². The number of hydrogen-bond acceptors (Lipinski definition) is 3. The number of aromatic nitrogens is 2. The first-order valence-corrected chi connectivity index (χ1v) is 5.90. The normalized spacial score (nSPS) is 25.4. The first-order valence-electron chi connectivity index (χ1n) is 5.53. The van der Waals surface area contributed by atoms with Crippen LogP contribution >= 0.6 is 11.6 Å². The number of hydrogen-bond donors (Lipinski definition) is 0. The third-order valence-electron chi connectivity index (χ3n) is 3.07. The molecule has 0 radical (unpaired) electrons. The minimum atomic E-state index is -0.780. The second-order valence-electron chi connectivity index (χ2n) is 4.18. The molecule has 88 valence electrons. The van der Waals surface area contributed by atoms with Crippen LogP contribution in [0.5, 0.6) is 0 Å². The molecule has 0 spiro atoms. The molecule has 1 fully saturated rings. The molecule has 0 amide bonds. The number of rotatable bonds is 2. The molecule has 3 nitrogen and oxygen atoms in total. The molecule has 1 aromatic rings. The molecule has 0 unspecified atom stereocenters. The van der Waals surface area contributed by atoms with Crippen molar-refractivity contribution in [3.8, 4) is 0 Å². The van der Waals surface area contributed by atoms with E-state index < -0.39 is 6.17 Å². The third-order valence-corrected chi connectivity index (χ3v) is 3.26. The summed E-state index contributed by atoms with van der Waals surface area (Å²) < 4.78 is 13.7. The van der Waals surface area contributed by atoms with Crippen LogP contribution in [0, 0.1) is 0 Å². The Morgan fingerprint density at radius 1 is 1.31 bits per heavy atom. The number of nitrogens with zero attached hydrogens (tertiary/aromatic N) is 3. The Balaban J connectivity index is 2.11. The zero-order valence-corrected chi connectivity index (χ0v) is 9.99. The van der Waals surface area contributed by atoms with E-state index in [4.69, 9.17) is 11.6 Å². The molecule has 1 saturated carbocycles. The summed E-state index contributed by atoms with van der Waals surface area (Å²) in [6.07, 6.45) is 5.85. The van der Waals surface area contributed by atoms with E-state index in [1.807, 2.05) is 11.9 Å². The Kier molecular flexibility index (Phi) is 3.59. The van der Waals surface area contributed by atoms with E-state index >= 15 is 0 Å². The van der Waals surface area contributed by atoms with Crippen molar-refractivity contribution in [1.29, 1.82) is 0 Å². The summed E-state index contributed by atoms with van der Waals surface area (Å²) in [4.78, 5) is 10.0. The second-order valence-corrected chi connectivity index (χ2v) is 4.62. The van der Waals surface area contributed by atoms with Crippen molar-refractivity contribution in [3.63, 3.8) is 0 Å². The van der Waals surface area contributed by atoms with E-state index in [9.17, 15) is 4.39 Å². The molecule has 0 N–H and O–H groups in total. The van der Waals surface area contributed by atoms with E-state index in [-0.39, 0.29) is 6.04 Å². The van der Waals surface area contributed by atoms with Crippen LogP contribution in [0.4, 0.5) is 10.3 Å². The van der Waals surface area contributed by atoms with Crippen LogP contribution in [-0.2, 0) is 0 Å². The lowest BCUT2D eigenvalue weighted by molar-refractivity contribution is 0.212. The maximum atomic E-state index is 13.7. The Labute approximate surface area is 99.6 Å². The molecule has 1 aliphatic carbocycles. The Morgan fingerprint density at radius 2 is 1.94 bits per heavy atom. The van der Waals surface area contributed by atoms with Gasteiger partial charge in [0.1, 0.15) is 6.17 Å². The van der Waals surface area contributed by atoms with E-state index in [1.165, 1.54) is 12.4 Å². The summed E-state index contributed by atoms with van der Waals surface area (Å²) in [7, 11) is 1.84. The predicted molar refractivity (Wildman–Crippen MR) is 62.6 cm³/mol. The lowest BCUT2D eigenvalue weighted by Gasteiger charge is -2.33. The molecule has 2 atom stereocenters. The maximum absolute atomic E-state index is 13.7. The monoisotopic (exact) mass is 243 g/mol. The van der Waals surface area contributed by atoms with Gasteiger partial charge in [0.25, 0.3) is 0 Å². The maximum Gasteiger partial charge on any atom is 0.225 e. The first-order chi connectivity index (χ1) is 7.68. The molecule has 5 heteroatoms. The van der Waals surface area contributed by atoms with Crippen LogP contribution in [0.3, 0.4) is 0 Å². The van der Waals surface area contributed by atoms with Gasteiger partial charge in [-0.15, -0.1) is 0 Å². The molecule has 1 heterocycles. The van der Waals surface area contributed by atoms with Crippen LogP contribution in [0.2, 0.25) is 5.02 Å². The Bertz CT molecular complexity index is 344. The fraction of sp³-hybridized carbons (Fsp3) is 0.636. The van der Waals surface area contributed by atoms with Crippen LogP contribution in [-0.4, -0.2) is 29.2 Å². The van der Waals surface area contributed by atoms with Gasteiger partial charge >= 0.3 is 0 Å². The van der Waals surface area contributed by atoms with Crippen molar-refractivity contribution in [3.05, 3.63) is 17.4 Å². The van der Waals surface area contributed by atoms with E-state index in [2.05, 4.69) is 9.97 Å². The minimum absolute atomic E-state index is 0.102. The molecule has 0 saturated heterocycles. The number of anilines is 1. The second kappa shape index (κ2) is 4.95. The van der Waals surface area contributed by atoms with E-state index in [1.54, 1.807) is 0 Å². The summed E-state index contributed by atoms with van der Waals surface area (Å²) in [5, 5.41) is 0.498. The summed E-state index contributed by atoms with van der Waals surface area (Å²) in [5.41, 5.74) is 0. The van der Waals surface area contributed by atoms with Gasteiger partial charge in [-0.3, -0.25) is 0 Å². The number of halogens is 2. The third kappa shape index (κ3) is 2.43. The van der Waals surface area contributed by atoms with E-state index in [0.717, 1.165) is 19.3 Å².